The number of aromatic nitrogens is 1. The van der Waals surface area contributed by atoms with Crippen molar-refractivity contribution in [2.75, 3.05) is 6.54 Å². The maximum atomic E-state index is 4.72. The zero-order valence-corrected chi connectivity index (χ0v) is 12.6. The zero-order chi connectivity index (χ0) is 12.5. The minimum absolute atomic E-state index is 0.517. The normalized spacial score (nSPS) is 19.3. The van der Waals surface area contributed by atoms with Gasteiger partial charge in [0, 0.05) is 21.0 Å². The quantitative estimate of drug-likeness (QED) is 0.891. The highest BCUT2D eigenvalue weighted by Crippen LogP contribution is 2.35. The number of benzene rings is 1. The predicted molar refractivity (Wildman–Crippen MR) is 80.0 cm³/mol. The van der Waals surface area contributed by atoms with Crippen molar-refractivity contribution in [3.8, 4) is 10.6 Å². The van der Waals surface area contributed by atoms with Crippen LogP contribution in [0.2, 0.25) is 0 Å². The topological polar surface area (TPSA) is 24.9 Å². The standard InChI is InChI=1S/C14H15BrN2S/c1-9-13(12-6-3-7-16-12)18-14(17-9)10-4-2-5-11(15)8-10/h2,4-5,8,12,16H,3,6-7H2,1H3. The Kier molecular flexibility index (Phi) is 3.50. The zero-order valence-electron chi connectivity index (χ0n) is 10.2. The molecule has 2 aromatic rings. The van der Waals surface area contributed by atoms with E-state index in [9.17, 15) is 0 Å². The Hall–Kier alpha value is -0.710. The second-order valence-electron chi connectivity index (χ2n) is 4.63. The first kappa shape index (κ1) is 12.3. The maximum Gasteiger partial charge on any atom is 0.123 e. The van der Waals surface area contributed by atoms with E-state index in [-0.39, 0.29) is 0 Å². The van der Waals surface area contributed by atoms with E-state index in [2.05, 4.69) is 46.4 Å². The number of hydrogen-bond donors (Lipinski definition) is 1. The Balaban J connectivity index is 1.96. The molecule has 0 radical (unpaired) electrons. The monoisotopic (exact) mass is 322 g/mol. The van der Waals surface area contributed by atoms with Gasteiger partial charge in [0.1, 0.15) is 5.01 Å². The first-order valence-corrected chi connectivity index (χ1v) is 7.81. The van der Waals surface area contributed by atoms with E-state index in [4.69, 9.17) is 4.98 Å². The fourth-order valence-electron chi connectivity index (χ4n) is 2.38. The van der Waals surface area contributed by atoms with Gasteiger partial charge in [-0.1, -0.05) is 28.1 Å². The summed E-state index contributed by atoms with van der Waals surface area (Å²) >= 11 is 5.34. The van der Waals surface area contributed by atoms with Crippen LogP contribution < -0.4 is 5.32 Å². The molecule has 0 amide bonds. The Morgan fingerprint density at radius 1 is 1.44 bits per heavy atom. The molecule has 0 spiro atoms. The minimum atomic E-state index is 0.517. The molecule has 18 heavy (non-hydrogen) atoms. The van der Waals surface area contributed by atoms with Crippen LogP contribution in [0.25, 0.3) is 10.6 Å². The van der Waals surface area contributed by atoms with Crippen LogP contribution in [-0.2, 0) is 0 Å². The van der Waals surface area contributed by atoms with Gasteiger partial charge in [0.15, 0.2) is 0 Å². The van der Waals surface area contributed by atoms with Crippen LogP contribution in [-0.4, -0.2) is 11.5 Å². The number of rotatable bonds is 2. The maximum absolute atomic E-state index is 4.72. The van der Waals surface area contributed by atoms with Gasteiger partial charge in [-0.25, -0.2) is 4.98 Å². The number of hydrogen-bond acceptors (Lipinski definition) is 3. The molecule has 1 fully saturated rings. The molecule has 1 unspecified atom stereocenters. The molecule has 0 aliphatic carbocycles. The van der Waals surface area contributed by atoms with Crippen molar-refractivity contribution in [3.05, 3.63) is 39.3 Å². The fourth-order valence-corrected chi connectivity index (χ4v) is 3.96. The Morgan fingerprint density at radius 2 is 2.33 bits per heavy atom. The number of nitrogens with one attached hydrogen (secondary N) is 1. The van der Waals surface area contributed by atoms with Gasteiger partial charge < -0.3 is 5.32 Å². The van der Waals surface area contributed by atoms with Gasteiger partial charge in [0.25, 0.3) is 0 Å². The summed E-state index contributed by atoms with van der Waals surface area (Å²) in [7, 11) is 0. The van der Waals surface area contributed by atoms with Crippen LogP contribution in [0.3, 0.4) is 0 Å². The molecular formula is C14H15BrN2S. The summed E-state index contributed by atoms with van der Waals surface area (Å²) in [6, 6.07) is 8.87. The van der Waals surface area contributed by atoms with Crippen molar-refractivity contribution in [3.63, 3.8) is 0 Å². The van der Waals surface area contributed by atoms with Gasteiger partial charge in [-0.2, -0.15) is 0 Å². The molecule has 0 saturated carbocycles. The average Bonchev–Trinajstić information content (AvgIpc) is 2.97. The van der Waals surface area contributed by atoms with Gasteiger partial charge in [-0.15, -0.1) is 11.3 Å². The molecule has 1 N–H and O–H groups in total. The van der Waals surface area contributed by atoms with E-state index in [1.807, 2.05) is 17.4 Å². The van der Waals surface area contributed by atoms with E-state index in [0.29, 0.717) is 6.04 Å². The highest BCUT2D eigenvalue weighted by Gasteiger charge is 2.21. The number of thiazole rings is 1. The van der Waals surface area contributed by atoms with Gasteiger partial charge in [0.05, 0.1) is 5.69 Å². The van der Waals surface area contributed by atoms with Crippen LogP contribution in [0, 0.1) is 6.92 Å². The first-order chi connectivity index (χ1) is 8.74. The van der Waals surface area contributed by atoms with E-state index in [0.717, 1.165) is 16.0 Å². The highest BCUT2D eigenvalue weighted by molar-refractivity contribution is 9.10. The van der Waals surface area contributed by atoms with Crippen molar-refractivity contribution in [2.24, 2.45) is 0 Å². The first-order valence-electron chi connectivity index (χ1n) is 6.20. The number of aryl methyl sites for hydroxylation is 1. The summed E-state index contributed by atoms with van der Waals surface area (Å²) in [6.45, 7) is 3.25. The molecule has 1 aromatic carbocycles. The summed E-state index contributed by atoms with van der Waals surface area (Å²) in [4.78, 5) is 6.13. The van der Waals surface area contributed by atoms with Gasteiger partial charge >= 0.3 is 0 Å². The van der Waals surface area contributed by atoms with Crippen molar-refractivity contribution in [1.82, 2.24) is 10.3 Å². The SMILES string of the molecule is Cc1nc(-c2cccc(Br)c2)sc1C1CCCN1. The lowest BCUT2D eigenvalue weighted by Crippen LogP contribution is -2.12. The lowest BCUT2D eigenvalue weighted by molar-refractivity contribution is 0.654. The molecule has 2 nitrogen and oxygen atoms in total. The highest BCUT2D eigenvalue weighted by atomic mass is 79.9. The van der Waals surface area contributed by atoms with E-state index in [1.54, 1.807) is 0 Å². The Labute approximate surface area is 120 Å². The van der Waals surface area contributed by atoms with Crippen LogP contribution in [0.4, 0.5) is 0 Å². The van der Waals surface area contributed by atoms with Crippen molar-refractivity contribution >= 4 is 27.3 Å². The van der Waals surface area contributed by atoms with E-state index in [1.165, 1.54) is 29.0 Å². The third-order valence-corrected chi connectivity index (χ3v) is 5.09. The molecule has 4 heteroatoms. The number of halogens is 1. The smallest absolute Gasteiger partial charge is 0.123 e. The Morgan fingerprint density at radius 3 is 3.06 bits per heavy atom. The molecule has 0 bridgehead atoms. The molecule has 1 saturated heterocycles. The average molecular weight is 323 g/mol. The Bertz CT molecular complexity index is 559. The molecule has 1 aliphatic heterocycles. The van der Waals surface area contributed by atoms with Crippen molar-refractivity contribution in [1.29, 1.82) is 0 Å². The van der Waals surface area contributed by atoms with Crippen LogP contribution in [0.1, 0.15) is 29.5 Å². The van der Waals surface area contributed by atoms with E-state index < -0.39 is 0 Å². The van der Waals surface area contributed by atoms with Crippen LogP contribution >= 0.6 is 27.3 Å². The molecule has 1 atom stereocenters. The lowest BCUT2D eigenvalue weighted by Gasteiger charge is -2.07. The summed E-state index contributed by atoms with van der Waals surface area (Å²) < 4.78 is 1.10. The largest absolute Gasteiger partial charge is 0.309 e. The summed E-state index contributed by atoms with van der Waals surface area (Å²) in [5, 5.41) is 4.67. The molecule has 3 rings (SSSR count). The van der Waals surface area contributed by atoms with Gasteiger partial charge in [0.2, 0.25) is 0 Å². The van der Waals surface area contributed by atoms with Gasteiger partial charge in [-0.05, 0) is 38.4 Å². The van der Waals surface area contributed by atoms with Crippen molar-refractivity contribution in [2.45, 2.75) is 25.8 Å². The third kappa shape index (κ3) is 2.37. The summed E-state index contributed by atoms with van der Waals surface area (Å²) in [6.07, 6.45) is 2.51. The third-order valence-electron chi connectivity index (χ3n) is 3.28. The predicted octanol–water partition coefficient (Wildman–Crippen LogP) is 4.31. The van der Waals surface area contributed by atoms with E-state index >= 15 is 0 Å². The summed E-state index contributed by atoms with van der Waals surface area (Å²) in [5.74, 6) is 0. The van der Waals surface area contributed by atoms with Crippen LogP contribution in [0.15, 0.2) is 28.7 Å². The van der Waals surface area contributed by atoms with Crippen molar-refractivity contribution < 1.29 is 0 Å². The molecule has 94 valence electrons. The second-order valence-corrected chi connectivity index (χ2v) is 6.57. The molecular weight excluding hydrogens is 308 g/mol. The second kappa shape index (κ2) is 5.11. The molecule has 1 aromatic heterocycles. The fraction of sp³-hybridized carbons (Fsp3) is 0.357. The lowest BCUT2D eigenvalue weighted by atomic mass is 10.2. The van der Waals surface area contributed by atoms with Crippen LogP contribution in [0.5, 0.6) is 0 Å². The molecule has 1 aliphatic rings. The molecule has 2 heterocycles. The summed E-state index contributed by atoms with van der Waals surface area (Å²) in [5.41, 5.74) is 2.37. The number of nitrogens with zero attached hydrogens (tertiary/aromatic N) is 1. The minimum Gasteiger partial charge on any atom is -0.309 e. The van der Waals surface area contributed by atoms with Gasteiger partial charge in [-0.3, -0.25) is 0 Å².